The van der Waals surface area contributed by atoms with Crippen LogP contribution in [0, 0.1) is 13.8 Å². The van der Waals surface area contributed by atoms with E-state index in [4.69, 9.17) is 9.41 Å². The van der Waals surface area contributed by atoms with Crippen molar-refractivity contribution in [3.63, 3.8) is 0 Å². The topological polar surface area (TPSA) is 80.3 Å². The molecule has 1 aliphatic carbocycles. The molecule has 0 radical (unpaired) electrons. The van der Waals surface area contributed by atoms with Crippen LogP contribution in [0.5, 0.6) is 0 Å². The molecule has 1 atom stereocenters. The van der Waals surface area contributed by atoms with Gasteiger partial charge in [-0.05, 0) is 45.7 Å². The van der Waals surface area contributed by atoms with E-state index in [-0.39, 0.29) is 30.0 Å². The Kier molecular flexibility index (Phi) is 7.48. The number of aryl methyl sites for hydroxylation is 2. The van der Waals surface area contributed by atoms with Gasteiger partial charge in [0.2, 0.25) is 0 Å². The van der Waals surface area contributed by atoms with Crippen molar-refractivity contribution in [2.24, 2.45) is 12.0 Å². The normalized spacial score (nSPS) is 16.4. The summed E-state index contributed by atoms with van der Waals surface area (Å²) in [7, 11) is 1.96. The van der Waals surface area contributed by atoms with Crippen molar-refractivity contribution in [1.29, 1.82) is 0 Å². The van der Waals surface area contributed by atoms with E-state index >= 15 is 0 Å². The van der Waals surface area contributed by atoms with Crippen molar-refractivity contribution in [1.82, 2.24) is 25.4 Å². The van der Waals surface area contributed by atoms with Crippen LogP contribution in [0.4, 0.5) is 0 Å². The first-order chi connectivity index (χ1) is 12.0. The van der Waals surface area contributed by atoms with Crippen LogP contribution in [-0.4, -0.2) is 26.8 Å². The van der Waals surface area contributed by atoms with Gasteiger partial charge >= 0.3 is 0 Å². The number of nitrogens with one attached hydrogen (secondary N) is 2. The molecule has 2 N–H and O–H groups in total. The lowest BCUT2D eigenvalue weighted by Crippen LogP contribution is -2.43. The molecule has 0 amide bonds. The van der Waals surface area contributed by atoms with Crippen molar-refractivity contribution in [3.8, 4) is 0 Å². The van der Waals surface area contributed by atoms with E-state index in [1.807, 2.05) is 37.6 Å². The van der Waals surface area contributed by atoms with Crippen molar-refractivity contribution in [2.75, 3.05) is 0 Å². The Morgan fingerprint density at radius 1 is 1.31 bits per heavy atom. The van der Waals surface area contributed by atoms with Gasteiger partial charge in [0, 0.05) is 13.1 Å². The predicted molar refractivity (Wildman–Crippen MR) is 113 cm³/mol. The Bertz CT molecular complexity index is 732. The van der Waals surface area contributed by atoms with Crippen LogP contribution < -0.4 is 10.6 Å². The molecule has 8 heteroatoms. The van der Waals surface area contributed by atoms with E-state index in [1.165, 1.54) is 25.7 Å². The first-order valence-corrected chi connectivity index (χ1v) is 9.01. The number of guanidine groups is 1. The average molecular weight is 472 g/mol. The zero-order valence-corrected chi connectivity index (χ0v) is 18.3. The van der Waals surface area contributed by atoms with Crippen molar-refractivity contribution in [2.45, 2.75) is 65.1 Å². The van der Waals surface area contributed by atoms with E-state index in [0.29, 0.717) is 12.6 Å². The molecule has 0 spiro atoms. The van der Waals surface area contributed by atoms with Crippen LogP contribution in [0.3, 0.4) is 0 Å². The highest BCUT2D eigenvalue weighted by Gasteiger charge is 2.18. The van der Waals surface area contributed by atoms with Crippen LogP contribution in [0.1, 0.15) is 61.8 Å². The summed E-state index contributed by atoms with van der Waals surface area (Å²) in [4.78, 5) is 4.73. The lowest BCUT2D eigenvalue weighted by molar-refractivity contribution is 0.439. The molecule has 2 aromatic rings. The van der Waals surface area contributed by atoms with Crippen LogP contribution in [0.25, 0.3) is 0 Å². The predicted octanol–water partition coefficient (Wildman–Crippen LogP) is 3.38. The maximum absolute atomic E-state index is 5.73. The number of furan rings is 1. The van der Waals surface area contributed by atoms with Crippen LogP contribution >= 0.6 is 24.0 Å². The first-order valence-electron chi connectivity index (χ1n) is 9.01. The first kappa shape index (κ1) is 20.7. The third kappa shape index (κ3) is 5.21. The summed E-state index contributed by atoms with van der Waals surface area (Å²) in [6.45, 7) is 6.47. The molecule has 0 bridgehead atoms. The molecule has 1 unspecified atom stereocenters. The molecule has 1 saturated carbocycles. The number of rotatable bonds is 5. The molecule has 0 aromatic carbocycles. The molecule has 144 valence electrons. The molecule has 0 saturated heterocycles. The number of aromatic nitrogens is 3. The minimum atomic E-state index is 0. The number of halogens is 1. The second kappa shape index (κ2) is 9.38. The molecular formula is C18H29IN6O. The lowest BCUT2D eigenvalue weighted by atomic mass is 10.2. The Hall–Kier alpha value is -1.58. The SMILES string of the molecule is Cc1ccc(C(C)NC(=NCc2nnc(C)n2C)NC2CCCC2)o1.I. The number of nitrogens with zero attached hydrogens (tertiary/aromatic N) is 4. The molecular weight excluding hydrogens is 443 g/mol. The summed E-state index contributed by atoms with van der Waals surface area (Å²) in [5.41, 5.74) is 0. The second-order valence-corrected chi connectivity index (χ2v) is 6.83. The highest BCUT2D eigenvalue weighted by molar-refractivity contribution is 14.0. The smallest absolute Gasteiger partial charge is 0.192 e. The molecule has 1 fully saturated rings. The van der Waals surface area contributed by atoms with Crippen molar-refractivity contribution < 1.29 is 4.42 Å². The summed E-state index contributed by atoms with van der Waals surface area (Å²) in [5.74, 6) is 4.37. The molecule has 26 heavy (non-hydrogen) atoms. The van der Waals surface area contributed by atoms with E-state index < -0.39 is 0 Å². The maximum atomic E-state index is 5.73. The van der Waals surface area contributed by atoms with Gasteiger partial charge in [0.05, 0.1) is 6.04 Å². The Morgan fingerprint density at radius 3 is 2.62 bits per heavy atom. The fourth-order valence-electron chi connectivity index (χ4n) is 3.10. The number of aliphatic imine (C=N–C) groups is 1. The van der Waals surface area contributed by atoms with Gasteiger partial charge in [-0.15, -0.1) is 34.2 Å². The standard InChI is InChI=1S/C18H28N6O.HI/c1-12-9-10-16(25-12)13(2)20-18(21-15-7-5-6-8-15)19-11-17-23-22-14(3)24(17)4;/h9-10,13,15H,5-8,11H2,1-4H3,(H2,19,20,21);1H. The van der Waals surface area contributed by atoms with E-state index in [9.17, 15) is 0 Å². The maximum Gasteiger partial charge on any atom is 0.192 e. The van der Waals surface area contributed by atoms with E-state index in [0.717, 1.165) is 29.1 Å². The monoisotopic (exact) mass is 472 g/mol. The summed E-state index contributed by atoms with van der Waals surface area (Å²) in [6, 6.07) is 4.52. The van der Waals surface area contributed by atoms with E-state index in [2.05, 4.69) is 27.8 Å². The van der Waals surface area contributed by atoms with Crippen LogP contribution in [0.15, 0.2) is 21.5 Å². The van der Waals surface area contributed by atoms with Gasteiger partial charge in [0.1, 0.15) is 23.9 Å². The average Bonchev–Trinajstić information content (AvgIpc) is 3.30. The fourth-order valence-corrected chi connectivity index (χ4v) is 3.10. The number of hydrogen-bond donors (Lipinski definition) is 2. The van der Waals surface area contributed by atoms with Gasteiger partial charge in [-0.1, -0.05) is 12.8 Å². The third-order valence-corrected chi connectivity index (χ3v) is 4.80. The minimum Gasteiger partial charge on any atom is -0.464 e. The molecule has 0 aliphatic heterocycles. The van der Waals surface area contributed by atoms with Gasteiger partial charge in [-0.25, -0.2) is 4.99 Å². The zero-order chi connectivity index (χ0) is 17.8. The highest BCUT2D eigenvalue weighted by Crippen LogP contribution is 2.19. The van der Waals surface area contributed by atoms with Gasteiger partial charge in [0.25, 0.3) is 0 Å². The Morgan fingerprint density at radius 2 is 2.04 bits per heavy atom. The van der Waals surface area contributed by atoms with Gasteiger partial charge < -0.3 is 19.6 Å². The molecule has 3 rings (SSSR count). The van der Waals surface area contributed by atoms with E-state index in [1.54, 1.807) is 0 Å². The lowest BCUT2D eigenvalue weighted by Gasteiger charge is -2.20. The summed E-state index contributed by atoms with van der Waals surface area (Å²) in [5, 5.41) is 15.3. The minimum absolute atomic E-state index is 0. The molecule has 2 heterocycles. The van der Waals surface area contributed by atoms with Crippen molar-refractivity contribution >= 4 is 29.9 Å². The molecule has 1 aliphatic rings. The quantitative estimate of drug-likeness (QED) is 0.396. The second-order valence-electron chi connectivity index (χ2n) is 6.83. The largest absolute Gasteiger partial charge is 0.464 e. The van der Waals surface area contributed by atoms with Crippen molar-refractivity contribution in [3.05, 3.63) is 35.3 Å². The highest BCUT2D eigenvalue weighted by atomic mass is 127. The van der Waals surface area contributed by atoms with Gasteiger partial charge in [0.15, 0.2) is 11.8 Å². The van der Waals surface area contributed by atoms with Gasteiger partial charge in [-0.3, -0.25) is 0 Å². The van der Waals surface area contributed by atoms with Gasteiger partial charge in [-0.2, -0.15) is 0 Å². The van der Waals surface area contributed by atoms with Crippen LogP contribution in [-0.2, 0) is 13.6 Å². The molecule has 7 nitrogen and oxygen atoms in total. The summed E-state index contributed by atoms with van der Waals surface area (Å²) < 4.78 is 7.70. The Balaban J connectivity index is 0.00000243. The number of hydrogen-bond acceptors (Lipinski definition) is 4. The summed E-state index contributed by atoms with van der Waals surface area (Å²) in [6.07, 6.45) is 4.94. The Labute approximate surface area is 172 Å². The zero-order valence-electron chi connectivity index (χ0n) is 16.0. The fraction of sp³-hybridized carbons (Fsp3) is 0.611. The summed E-state index contributed by atoms with van der Waals surface area (Å²) >= 11 is 0. The molecule has 2 aromatic heterocycles. The third-order valence-electron chi connectivity index (χ3n) is 4.80. The van der Waals surface area contributed by atoms with Crippen LogP contribution in [0.2, 0.25) is 0 Å².